The number of amides is 1. The van der Waals surface area contributed by atoms with Crippen molar-refractivity contribution in [1.29, 1.82) is 0 Å². The second-order valence-electron chi connectivity index (χ2n) is 10.7. The van der Waals surface area contributed by atoms with Gasteiger partial charge in [-0.25, -0.2) is 0 Å². The molecule has 1 aromatic heterocycles. The number of ketones is 1. The van der Waals surface area contributed by atoms with Crippen LogP contribution in [0, 0.1) is 12.8 Å². The summed E-state index contributed by atoms with van der Waals surface area (Å²) in [4.78, 5) is 33.8. The van der Waals surface area contributed by atoms with Crippen molar-refractivity contribution in [3.63, 3.8) is 0 Å². The Morgan fingerprint density at radius 1 is 1.03 bits per heavy atom. The Hall–Kier alpha value is -3.62. The van der Waals surface area contributed by atoms with E-state index in [1.54, 1.807) is 18.2 Å². The van der Waals surface area contributed by atoms with Crippen LogP contribution in [0.25, 0.3) is 5.76 Å². The minimum Gasteiger partial charge on any atom is -0.507 e. The Bertz CT molecular complexity index is 1370. The van der Waals surface area contributed by atoms with Gasteiger partial charge in [-0.3, -0.25) is 14.5 Å². The fourth-order valence-electron chi connectivity index (χ4n) is 5.07. The van der Waals surface area contributed by atoms with Gasteiger partial charge in [0.15, 0.2) is 0 Å². The number of benzene rings is 2. The number of Topliss-reactive ketones (excluding diaryl/α,β-unsaturated/α-hetero) is 1. The zero-order valence-electron chi connectivity index (χ0n) is 22.9. The van der Waals surface area contributed by atoms with Crippen molar-refractivity contribution < 1.29 is 19.4 Å². The highest BCUT2D eigenvalue weighted by Gasteiger charge is 2.47. The molecule has 5 rings (SSSR count). The fraction of sp³-hybridized carbons (Fsp3) is 0.355. The molecular formula is C31H35N3O4S. The average Bonchev–Trinajstić information content (AvgIpc) is 3.55. The van der Waals surface area contributed by atoms with E-state index in [1.807, 2.05) is 48.7 Å². The Kier molecular flexibility index (Phi) is 7.77. The molecule has 0 saturated carbocycles. The van der Waals surface area contributed by atoms with E-state index in [0.29, 0.717) is 23.8 Å². The van der Waals surface area contributed by atoms with E-state index >= 15 is 0 Å². The van der Waals surface area contributed by atoms with Crippen LogP contribution in [0.4, 0.5) is 11.4 Å². The Morgan fingerprint density at radius 3 is 2.33 bits per heavy atom. The van der Waals surface area contributed by atoms with Crippen LogP contribution in [0.5, 0.6) is 5.75 Å². The number of anilines is 2. The van der Waals surface area contributed by atoms with Gasteiger partial charge in [0, 0.05) is 48.0 Å². The fourth-order valence-corrected chi connectivity index (χ4v) is 5.90. The summed E-state index contributed by atoms with van der Waals surface area (Å²) >= 11 is 1.46. The number of rotatable bonds is 7. The number of hydrogen-bond donors (Lipinski definition) is 1. The molecule has 8 heteroatoms. The van der Waals surface area contributed by atoms with Crippen LogP contribution in [0.1, 0.15) is 35.9 Å². The van der Waals surface area contributed by atoms with E-state index in [2.05, 4.69) is 30.7 Å². The highest BCUT2D eigenvalue weighted by Crippen LogP contribution is 2.44. The molecule has 1 atom stereocenters. The molecule has 2 fully saturated rings. The molecule has 204 valence electrons. The smallest absolute Gasteiger partial charge is 0.300 e. The molecule has 0 radical (unpaired) electrons. The third kappa shape index (κ3) is 5.44. The first-order chi connectivity index (χ1) is 18.7. The highest BCUT2D eigenvalue weighted by atomic mass is 32.1. The van der Waals surface area contributed by atoms with E-state index in [9.17, 15) is 14.7 Å². The van der Waals surface area contributed by atoms with Crippen molar-refractivity contribution >= 4 is 40.2 Å². The lowest BCUT2D eigenvalue weighted by Gasteiger charge is -2.34. The van der Waals surface area contributed by atoms with E-state index < -0.39 is 17.7 Å². The van der Waals surface area contributed by atoms with Gasteiger partial charge < -0.3 is 19.6 Å². The van der Waals surface area contributed by atoms with Crippen molar-refractivity contribution in [2.75, 3.05) is 49.6 Å². The highest BCUT2D eigenvalue weighted by molar-refractivity contribution is 7.10. The van der Waals surface area contributed by atoms with Crippen LogP contribution >= 0.6 is 11.3 Å². The summed E-state index contributed by atoms with van der Waals surface area (Å²) in [5.41, 5.74) is 3.14. The van der Waals surface area contributed by atoms with Crippen LogP contribution in [0.2, 0.25) is 0 Å². The first kappa shape index (κ1) is 27.0. The molecule has 3 heterocycles. The van der Waals surface area contributed by atoms with Crippen LogP contribution in [0.3, 0.4) is 0 Å². The third-order valence-corrected chi connectivity index (χ3v) is 8.20. The average molecular weight is 546 g/mol. The molecule has 1 N–H and O–H groups in total. The lowest BCUT2D eigenvalue weighted by molar-refractivity contribution is -0.132. The summed E-state index contributed by atoms with van der Waals surface area (Å²) in [5, 5.41) is 13.4. The standard InChI is InChI=1S/C31H35N3O4S/c1-20(2)19-38-25-12-7-22(18-21(25)3)29(35)27-28(26-6-5-17-39-26)34(31(37)30(27)36)24-10-8-23(9-11-24)33-15-13-32(4)14-16-33/h5-12,17-18,20,28,35H,13-16,19H2,1-4H3/b29-27-. The van der Waals surface area contributed by atoms with Gasteiger partial charge >= 0.3 is 0 Å². The maximum atomic E-state index is 13.5. The number of nitrogens with zero attached hydrogens (tertiary/aromatic N) is 3. The van der Waals surface area contributed by atoms with E-state index in [4.69, 9.17) is 4.74 Å². The number of aliphatic hydroxyl groups excluding tert-OH is 1. The molecule has 0 bridgehead atoms. The molecule has 7 nitrogen and oxygen atoms in total. The van der Waals surface area contributed by atoms with Gasteiger partial charge in [0.05, 0.1) is 12.2 Å². The number of aliphatic hydroxyl groups is 1. The molecule has 1 unspecified atom stereocenters. The lowest BCUT2D eigenvalue weighted by atomic mass is 9.98. The molecule has 2 saturated heterocycles. The van der Waals surface area contributed by atoms with Gasteiger partial charge in [0.1, 0.15) is 17.6 Å². The number of likely N-dealkylation sites (N-methyl/N-ethyl adjacent to an activating group) is 1. The zero-order valence-corrected chi connectivity index (χ0v) is 23.7. The second-order valence-corrected chi connectivity index (χ2v) is 11.7. The van der Waals surface area contributed by atoms with Gasteiger partial charge in [-0.2, -0.15) is 0 Å². The van der Waals surface area contributed by atoms with Crippen LogP contribution in [-0.4, -0.2) is 61.5 Å². The number of hydrogen-bond acceptors (Lipinski definition) is 7. The molecule has 2 aliphatic rings. The quantitative estimate of drug-likeness (QED) is 0.241. The number of carbonyl (C=O) groups is 2. The van der Waals surface area contributed by atoms with E-state index in [0.717, 1.165) is 48.1 Å². The predicted octanol–water partition coefficient (Wildman–Crippen LogP) is 5.47. The monoisotopic (exact) mass is 545 g/mol. The van der Waals surface area contributed by atoms with Crippen molar-refractivity contribution in [2.45, 2.75) is 26.8 Å². The second kappa shape index (κ2) is 11.2. The molecule has 3 aromatic rings. The number of carbonyl (C=O) groups excluding carboxylic acids is 2. The summed E-state index contributed by atoms with van der Waals surface area (Å²) in [6.07, 6.45) is 0. The normalized spacial score (nSPS) is 19.8. The summed E-state index contributed by atoms with van der Waals surface area (Å²) in [5.74, 6) is -0.393. The van der Waals surface area contributed by atoms with Gasteiger partial charge in [-0.05, 0) is 79.4 Å². The minimum atomic E-state index is -0.711. The van der Waals surface area contributed by atoms with Gasteiger partial charge in [0.25, 0.3) is 11.7 Å². The summed E-state index contributed by atoms with van der Waals surface area (Å²) < 4.78 is 5.88. The third-order valence-electron chi connectivity index (χ3n) is 7.27. The number of piperazine rings is 1. The van der Waals surface area contributed by atoms with Crippen molar-refractivity contribution in [3.8, 4) is 5.75 Å². The largest absolute Gasteiger partial charge is 0.507 e. The van der Waals surface area contributed by atoms with E-state index in [1.165, 1.54) is 16.2 Å². The van der Waals surface area contributed by atoms with Gasteiger partial charge in [-0.1, -0.05) is 19.9 Å². The Morgan fingerprint density at radius 2 is 1.72 bits per heavy atom. The molecule has 1 amide bonds. The molecule has 39 heavy (non-hydrogen) atoms. The lowest BCUT2D eigenvalue weighted by Crippen LogP contribution is -2.44. The maximum absolute atomic E-state index is 13.5. The molecule has 0 aliphatic carbocycles. The summed E-state index contributed by atoms with van der Waals surface area (Å²) in [6.45, 7) is 10.5. The summed E-state index contributed by atoms with van der Waals surface area (Å²) in [6, 6.07) is 16.2. The Balaban J connectivity index is 1.50. The Labute approximate surface area is 233 Å². The number of ether oxygens (including phenoxy) is 1. The van der Waals surface area contributed by atoms with Crippen molar-refractivity contribution in [2.24, 2.45) is 5.92 Å². The number of thiophene rings is 1. The van der Waals surface area contributed by atoms with Gasteiger partial charge in [-0.15, -0.1) is 11.3 Å². The van der Waals surface area contributed by atoms with Gasteiger partial charge in [0.2, 0.25) is 0 Å². The SMILES string of the molecule is Cc1cc(/C(O)=C2/C(=O)C(=O)N(c3ccc(N4CCN(C)CC4)cc3)C2c2cccs2)ccc1OCC(C)C. The molecule has 0 spiro atoms. The summed E-state index contributed by atoms with van der Waals surface area (Å²) in [7, 11) is 2.12. The van der Waals surface area contributed by atoms with Crippen molar-refractivity contribution in [3.05, 3.63) is 81.6 Å². The molecule has 2 aromatic carbocycles. The topological polar surface area (TPSA) is 73.3 Å². The predicted molar refractivity (Wildman–Crippen MR) is 157 cm³/mol. The molecular weight excluding hydrogens is 510 g/mol. The van der Waals surface area contributed by atoms with Crippen LogP contribution in [0.15, 0.2) is 65.6 Å². The number of aryl methyl sites for hydroxylation is 1. The van der Waals surface area contributed by atoms with Crippen LogP contribution < -0.4 is 14.5 Å². The van der Waals surface area contributed by atoms with Crippen LogP contribution in [-0.2, 0) is 9.59 Å². The van der Waals surface area contributed by atoms with E-state index in [-0.39, 0.29) is 11.3 Å². The zero-order chi connectivity index (χ0) is 27.7. The van der Waals surface area contributed by atoms with Crippen molar-refractivity contribution in [1.82, 2.24) is 4.90 Å². The first-order valence-electron chi connectivity index (χ1n) is 13.4. The molecule has 2 aliphatic heterocycles. The first-order valence-corrected chi connectivity index (χ1v) is 14.2. The maximum Gasteiger partial charge on any atom is 0.300 e. The minimum absolute atomic E-state index is 0.0980.